The fourth-order valence-corrected chi connectivity index (χ4v) is 2.72. The summed E-state index contributed by atoms with van der Waals surface area (Å²) in [4.78, 5) is 11.9. The zero-order valence-corrected chi connectivity index (χ0v) is 12.5. The molecule has 0 aliphatic heterocycles. The number of alkyl halides is 2. The molecular weight excluding hydrogens is 304 g/mol. The molecule has 1 amide bonds. The Hall–Kier alpha value is -1.70. The second-order valence-electron chi connectivity index (χ2n) is 4.48. The number of hydrogen-bond acceptors (Lipinski definition) is 4. The zero-order chi connectivity index (χ0) is 16.0. The van der Waals surface area contributed by atoms with Gasteiger partial charge >= 0.3 is 6.61 Å². The van der Waals surface area contributed by atoms with Gasteiger partial charge in [-0.25, -0.2) is 8.42 Å². The summed E-state index contributed by atoms with van der Waals surface area (Å²) in [5.41, 5.74) is 0.234. The van der Waals surface area contributed by atoms with Gasteiger partial charge in [-0.3, -0.25) is 4.79 Å². The molecule has 1 atom stereocenters. The molecule has 0 aromatic heterocycles. The molecular formula is C13H17F2NO4S. The molecule has 21 heavy (non-hydrogen) atoms. The Morgan fingerprint density at radius 2 is 1.86 bits per heavy atom. The van der Waals surface area contributed by atoms with Gasteiger partial charge in [0.25, 0.3) is 5.91 Å². The minimum Gasteiger partial charge on any atom is -0.435 e. The zero-order valence-electron chi connectivity index (χ0n) is 11.7. The molecule has 0 saturated heterocycles. The number of rotatable bonds is 7. The van der Waals surface area contributed by atoms with Gasteiger partial charge in [0.05, 0.1) is 5.75 Å². The van der Waals surface area contributed by atoms with Crippen molar-refractivity contribution in [2.45, 2.75) is 26.5 Å². The molecule has 0 saturated carbocycles. The molecule has 0 spiro atoms. The maximum Gasteiger partial charge on any atom is 0.387 e. The fourth-order valence-electron chi connectivity index (χ4n) is 1.64. The SMILES string of the molecule is CCS(=O)(=O)CC(C)NC(=O)c1ccc(OC(F)F)cc1. The van der Waals surface area contributed by atoms with Crippen LogP contribution in [-0.4, -0.2) is 38.5 Å². The van der Waals surface area contributed by atoms with Gasteiger partial charge in [-0.1, -0.05) is 6.92 Å². The standard InChI is InChI=1S/C13H17F2NO4S/c1-3-21(18,19)8-9(2)16-12(17)10-4-6-11(7-5-10)20-13(14)15/h4-7,9,13H,3,8H2,1-2H3,(H,16,17). The lowest BCUT2D eigenvalue weighted by molar-refractivity contribution is -0.0498. The molecule has 8 heteroatoms. The number of carbonyl (C=O) groups excluding carboxylic acids is 1. The van der Waals surface area contributed by atoms with Crippen LogP contribution in [0.1, 0.15) is 24.2 Å². The number of sulfone groups is 1. The smallest absolute Gasteiger partial charge is 0.387 e. The van der Waals surface area contributed by atoms with Gasteiger partial charge in [0.1, 0.15) is 5.75 Å². The average molecular weight is 321 g/mol. The van der Waals surface area contributed by atoms with E-state index in [0.29, 0.717) is 0 Å². The lowest BCUT2D eigenvalue weighted by Crippen LogP contribution is -2.37. The van der Waals surface area contributed by atoms with E-state index in [9.17, 15) is 22.0 Å². The van der Waals surface area contributed by atoms with E-state index in [1.807, 2.05) is 0 Å². The van der Waals surface area contributed by atoms with Crippen LogP contribution in [0.2, 0.25) is 0 Å². The molecule has 1 unspecified atom stereocenters. The molecule has 1 aromatic carbocycles. The quantitative estimate of drug-likeness (QED) is 0.832. The van der Waals surface area contributed by atoms with Crippen LogP contribution in [0, 0.1) is 0 Å². The predicted octanol–water partition coefficient (Wildman–Crippen LogP) is 1.84. The number of ether oxygens (including phenoxy) is 1. The van der Waals surface area contributed by atoms with Crippen LogP contribution in [0.3, 0.4) is 0 Å². The normalized spacial score (nSPS) is 13.0. The van der Waals surface area contributed by atoms with Crippen LogP contribution in [0.15, 0.2) is 24.3 Å². The van der Waals surface area contributed by atoms with E-state index in [0.717, 1.165) is 0 Å². The molecule has 0 radical (unpaired) electrons. The van der Waals surface area contributed by atoms with Gasteiger partial charge in [0.2, 0.25) is 0 Å². The van der Waals surface area contributed by atoms with E-state index >= 15 is 0 Å². The summed E-state index contributed by atoms with van der Waals surface area (Å²) in [6.07, 6.45) is 0. The molecule has 118 valence electrons. The monoisotopic (exact) mass is 321 g/mol. The summed E-state index contributed by atoms with van der Waals surface area (Å²) in [5.74, 6) is -0.671. The first-order chi connectivity index (χ1) is 9.73. The van der Waals surface area contributed by atoms with Gasteiger partial charge in [0, 0.05) is 17.4 Å². The topological polar surface area (TPSA) is 72.5 Å². The molecule has 0 bridgehead atoms. The first-order valence-electron chi connectivity index (χ1n) is 6.29. The Morgan fingerprint density at radius 1 is 1.29 bits per heavy atom. The summed E-state index contributed by atoms with van der Waals surface area (Å²) < 4.78 is 51.0. The van der Waals surface area contributed by atoms with E-state index in [-0.39, 0.29) is 22.8 Å². The van der Waals surface area contributed by atoms with Gasteiger partial charge in [-0.2, -0.15) is 8.78 Å². The van der Waals surface area contributed by atoms with Crippen molar-refractivity contribution in [2.75, 3.05) is 11.5 Å². The van der Waals surface area contributed by atoms with E-state index < -0.39 is 28.4 Å². The van der Waals surface area contributed by atoms with E-state index in [1.54, 1.807) is 6.92 Å². The molecule has 1 rings (SSSR count). The summed E-state index contributed by atoms with van der Waals surface area (Å²) in [5, 5.41) is 2.54. The average Bonchev–Trinajstić information content (AvgIpc) is 2.38. The summed E-state index contributed by atoms with van der Waals surface area (Å²) >= 11 is 0. The largest absolute Gasteiger partial charge is 0.435 e. The highest BCUT2D eigenvalue weighted by Crippen LogP contribution is 2.15. The van der Waals surface area contributed by atoms with Crippen molar-refractivity contribution in [2.24, 2.45) is 0 Å². The number of halogens is 2. The lowest BCUT2D eigenvalue weighted by atomic mass is 10.2. The molecule has 5 nitrogen and oxygen atoms in total. The lowest BCUT2D eigenvalue weighted by Gasteiger charge is -2.14. The number of hydrogen-bond donors (Lipinski definition) is 1. The number of nitrogens with one attached hydrogen (secondary N) is 1. The van der Waals surface area contributed by atoms with E-state index in [2.05, 4.69) is 10.1 Å². The van der Waals surface area contributed by atoms with Crippen molar-refractivity contribution in [1.29, 1.82) is 0 Å². The Morgan fingerprint density at radius 3 is 2.33 bits per heavy atom. The highest BCUT2D eigenvalue weighted by molar-refractivity contribution is 7.91. The van der Waals surface area contributed by atoms with Crippen molar-refractivity contribution < 1.29 is 26.7 Å². The third-order valence-corrected chi connectivity index (χ3v) is 4.55. The third-order valence-electron chi connectivity index (χ3n) is 2.66. The van der Waals surface area contributed by atoms with Crippen LogP contribution in [-0.2, 0) is 9.84 Å². The molecule has 0 aliphatic rings. The molecule has 0 fully saturated rings. The number of carbonyl (C=O) groups is 1. The minimum absolute atomic E-state index is 0.00682. The first-order valence-corrected chi connectivity index (χ1v) is 8.12. The summed E-state index contributed by atoms with van der Waals surface area (Å²) in [7, 11) is -3.18. The highest BCUT2D eigenvalue weighted by atomic mass is 32.2. The predicted molar refractivity (Wildman–Crippen MR) is 74.3 cm³/mol. The number of amides is 1. The molecule has 0 heterocycles. The Kier molecular flexibility index (Phi) is 6.07. The third kappa shape index (κ3) is 6.07. The van der Waals surface area contributed by atoms with Gasteiger partial charge < -0.3 is 10.1 Å². The van der Waals surface area contributed by atoms with Gasteiger partial charge in [0.15, 0.2) is 9.84 Å². The highest BCUT2D eigenvalue weighted by Gasteiger charge is 2.16. The van der Waals surface area contributed by atoms with E-state index in [1.165, 1.54) is 31.2 Å². The van der Waals surface area contributed by atoms with Gasteiger partial charge in [-0.15, -0.1) is 0 Å². The molecule has 1 N–H and O–H groups in total. The van der Waals surface area contributed by atoms with Crippen molar-refractivity contribution >= 4 is 15.7 Å². The van der Waals surface area contributed by atoms with Crippen LogP contribution in [0.4, 0.5) is 8.78 Å². The maximum absolute atomic E-state index is 12.0. The second kappa shape index (κ2) is 7.35. The number of benzene rings is 1. The van der Waals surface area contributed by atoms with Crippen LogP contribution >= 0.6 is 0 Å². The van der Waals surface area contributed by atoms with Crippen LogP contribution < -0.4 is 10.1 Å². The summed E-state index contributed by atoms with van der Waals surface area (Å²) in [6.45, 7) is 0.189. The Balaban J connectivity index is 2.63. The van der Waals surface area contributed by atoms with Crippen molar-refractivity contribution in [3.05, 3.63) is 29.8 Å². The Labute approximate surface area is 122 Å². The minimum atomic E-state index is -3.18. The van der Waals surface area contributed by atoms with E-state index in [4.69, 9.17) is 0 Å². The maximum atomic E-state index is 12.0. The van der Waals surface area contributed by atoms with Crippen LogP contribution in [0.5, 0.6) is 5.75 Å². The molecule has 1 aromatic rings. The Bertz CT molecular complexity index is 572. The van der Waals surface area contributed by atoms with Crippen LogP contribution in [0.25, 0.3) is 0 Å². The summed E-state index contributed by atoms with van der Waals surface area (Å²) in [6, 6.07) is 4.60. The second-order valence-corrected chi connectivity index (χ2v) is 6.87. The van der Waals surface area contributed by atoms with Crippen molar-refractivity contribution in [1.82, 2.24) is 5.32 Å². The van der Waals surface area contributed by atoms with Crippen molar-refractivity contribution in [3.63, 3.8) is 0 Å². The molecule has 0 aliphatic carbocycles. The fraction of sp³-hybridized carbons (Fsp3) is 0.462. The van der Waals surface area contributed by atoms with Crippen molar-refractivity contribution in [3.8, 4) is 5.75 Å². The van der Waals surface area contributed by atoms with Gasteiger partial charge in [-0.05, 0) is 31.2 Å². The first kappa shape index (κ1) is 17.4.